The number of aliphatic hydroxyl groups is 1. The van der Waals surface area contributed by atoms with E-state index in [4.69, 9.17) is 23.7 Å². The second-order valence-corrected chi connectivity index (χ2v) is 9.81. The van der Waals surface area contributed by atoms with Gasteiger partial charge in [0.2, 0.25) is 0 Å². The monoisotopic (exact) mass is 540 g/mol. The topological polar surface area (TPSA) is 66.4 Å². The van der Waals surface area contributed by atoms with Crippen LogP contribution in [0.5, 0.6) is 0 Å². The molecule has 1 saturated heterocycles. The van der Waals surface area contributed by atoms with Crippen LogP contribution in [0.15, 0.2) is 121 Å². The lowest BCUT2D eigenvalue weighted by molar-refractivity contribution is -0.329. The maximum absolute atomic E-state index is 10.4. The molecule has 4 aromatic rings. The molecular weight excluding hydrogens is 504 g/mol. The summed E-state index contributed by atoms with van der Waals surface area (Å²) in [6.45, 7) is 1.13. The third kappa shape index (κ3) is 7.86. The van der Waals surface area contributed by atoms with Crippen molar-refractivity contribution in [3.05, 3.63) is 144 Å². The molecule has 0 amide bonds. The zero-order valence-corrected chi connectivity index (χ0v) is 22.5. The Morgan fingerprint density at radius 2 is 0.800 bits per heavy atom. The molecule has 0 aliphatic carbocycles. The van der Waals surface area contributed by atoms with Crippen LogP contribution < -0.4 is 0 Å². The third-order valence-corrected chi connectivity index (χ3v) is 6.88. The summed E-state index contributed by atoms with van der Waals surface area (Å²) in [4.78, 5) is 0. The SMILES string of the molecule is OC[C@H]1O[C@@H](OCc2ccccc2)[C@@H](OCc2ccccc2)[C@@H](OCc2ccccc2)[C@@H]1OCc1ccccc1. The van der Waals surface area contributed by atoms with Gasteiger partial charge in [0.25, 0.3) is 0 Å². The lowest BCUT2D eigenvalue weighted by atomic mass is 9.97. The van der Waals surface area contributed by atoms with E-state index in [1.807, 2.05) is 121 Å². The van der Waals surface area contributed by atoms with Gasteiger partial charge in [0.1, 0.15) is 24.4 Å². The second kappa shape index (κ2) is 14.9. The van der Waals surface area contributed by atoms with E-state index in [-0.39, 0.29) is 6.61 Å². The summed E-state index contributed by atoms with van der Waals surface area (Å²) in [5, 5.41) is 10.4. The molecule has 1 aliphatic rings. The Bertz CT molecular complexity index is 1240. The highest BCUT2D eigenvalue weighted by atomic mass is 16.7. The zero-order valence-electron chi connectivity index (χ0n) is 22.5. The van der Waals surface area contributed by atoms with E-state index in [2.05, 4.69) is 0 Å². The highest BCUT2D eigenvalue weighted by Gasteiger charge is 2.48. The smallest absolute Gasteiger partial charge is 0.187 e. The van der Waals surface area contributed by atoms with Crippen molar-refractivity contribution in [3.63, 3.8) is 0 Å². The van der Waals surface area contributed by atoms with Gasteiger partial charge >= 0.3 is 0 Å². The van der Waals surface area contributed by atoms with Crippen molar-refractivity contribution in [2.75, 3.05) is 6.61 Å². The van der Waals surface area contributed by atoms with E-state index in [1.165, 1.54) is 0 Å². The molecule has 0 unspecified atom stereocenters. The number of benzene rings is 4. The van der Waals surface area contributed by atoms with Crippen molar-refractivity contribution in [3.8, 4) is 0 Å². The quantitative estimate of drug-likeness (QED) is 0.236. The second-order valence-electron chi connectivity index (χ2n) is 9.81. The first-order valence-electron chi connectivity index (χ1n) is 13.7. The summed E-state index contributed by atoms with van der Waals surface area (Å²) >= 11 is 0. The van der Waals surface area contributed by atoms with Gasteiger partial charge in [-0.05, 0) is 22.3 Å². The number of hydrogen-bond donors (Lipinski definition) is 1. The lowest BCUT2D eigenvalue weighted by Gasteiger charge is -2.45. The minimum atomic E-state index is -0.779. The fraction of sp³-hybridized carbons (Fsp3) is 0.294. The van der Waals surface area contributed by atoms with Gasteiger partial charge in [-0.15, -0.1) is 0 Å². The first-order valence-corrected chi connectivity index (χ1v) is 13.7. The van der Waals surface area contributed by atoms with Crippen LogP contribution in [0.1, 0.15) is 22.3 Å². The largest absolute Gasteiger partial charge is 0.394 e. The Morgan fingerprint density at radius 3 is 1.20 bits per heavy atom. The molecule has 0 aromatic heterocycles. The lowest BCUT2D eigenvalue weighted by Crippen LogP contribution is -2.61. The van der Waals surface area contributed by atoms with Gasteiger partial charge in [-0.1, -0.05) is 121 Å². The van der Waals surface area contributed by atoms with E-state index in [0.29, 0.717) is 26.4 Å². The van der Waals surface area contributed by atoms with Gasteiger partial charge in [-0.2, -0.15) is 0 Å². The Labute approximate surface area is 236 Å². The van der Waals surface area contributed by atoms with Crippen molar-refractivity contribution >= 4 is 0 Å². The first-order chi connectivity index (χ1) is 19.8. The molecule has 1 heterocycles. The minimum Gasteiger partial charge on any atom is -0.394 e. The molecule has 1 N–H and O–H groups in total. The van der Waals surface area contributed by atoms with Crippen LogP contribution in [-0.2, 0) is 50.1 Å². The van der Waals surface area contributed by atoms with E-state index < -0.39 is 30.7 Å². The Morgan fingerprint density at radius 1 is 0.450 bits per heavy atom. The Kier molecular flexibility index (Phi) is 10.5. The molecule has 0 spiro atoms. The van der Waals surface area contributed by atoms with Crippen LogP contribution in [0.3, 0.4) is 0 Å². The van der Waals surface area contributed by atoms with E-state index in [9.17, 15) is 5.11 Å². The molecule has 6 heteroatoms. The van der Waals surface area contributed by atoms with Crippen LogP contribution in [-0.4, -0.2) is 42.4 Å². The summed E-state index contributed by atoms with van der Waals surface area (Å²) in [6.07, 6.45) is -3.22. The highest BCUT2D eigenvalue weighted by Crippen LogP contribution is 2.31. The highest BCUT2D eigenvalue weighted by molar-refractivity contribution is 5.16. The Hall–Kier alpha value is -3.36. The molecular formula is C34H36O6. The van der Waals surface area contributed by atoms with Crippen molar-refractivity contribution in [1.82, 2.24) is 0 Å². The molecule has 1 aliphatic heterocycles. The van der Waals surface area contributed by atoms with Crippen LogP contribution in [0.25, 0.3) is 0 Å². The van der Waals surface area contributed by atoms with Crippen molar-refractivity contribution in [2.45, 2.75) is 57.1 Å². The first kappa shape index (κ1) is 28.2. The van der Waals surface area contributed by atoms with E-state index in [1.54, 1.807) is 0 Å². The van der Waals surface area contributed by atoms with Crippen LogP contribution >= 0.6 is 0 Å². The molecule has 40 heavy (non-hydrogen) atoms. The maximum Gasteiger partial charge on any atom is 0.187 e. The van der Waals surface area contributed by atoms with Gasteiger partial charge in [0.05, 0.1) is 33.0 Å². The average molecular weight is 541 g/mol. The molecule has 5 rings (SSSR count). The standard InChI is InChI=1S/C34H36O6/c35-21-30-31(36-22-26-13-5-1-6-14-26)32(37-23-27-15-7-2-8-16-27)33(38-24-28-17-9-3-10-18-28)34(40-30)39-25-29-19-11-4-12-20-29/h1-20,30-35H,21-25H2/t30-,31-,32+,33+,34-/m1/s1. The fourth-order valence-electron chi connectivity index (χ4n) is 4.78. The van der Waals surface area contributed by atoms with Crippen LogP contribution in [0.2, 0.25) is 0 Å². The van der Waals surface area contributed by atoms with E-state index >= 15 is 0 Å². The number of rotatable bonds is 13. The molecule has 208 valence electrons. The predicted octanol–water partition coefficient (Wildman–Crippen LogP) is 5.68. The van der Waals surface area contributed by atoms with E-state index in [0.717, 1.165) is 22.3 Å². The van der Waals surface area contributed by atoms with Crippen molar-refractivity contribution in [2.24, 2.45) is 0 Å². The number of ether oxygens (including phenoxy) is 5. The maximum atomic E-state index is 10.4. The number of aliphatic hydroxyl groups excluding tert-OH is 1. The van der Waals surface area contributed by atoms with Gasteiger partial charge in [0.15, 0.2) is 6.29 Å². The molecule has 0 saturated carbocycles. The summed E-state index contributed by atoms with van der Waals surface area (Å²) in [5.74, 6) is 0. The van der Waals surface area contributed by atoms with Gasteiger partial charge in [-0.3, -0.25) is 0 Å². The third-order valence-electron chi connectivity index (χ3n) is 6.88. The summed E-state index contributed by atoms with van der Waals surface area (Å²) < 4.78 is 32.1. The van der Waals surface area contributed by atoms with Gasteiger partial charge < -0.3 is 28.8 Å². The van der Waals surface area contributed by atoms with Crippen LogP contribution in [0, 0.1) is 0 Å². The van der Waals surface area contributed by atoms with Crippen molar-refractivity contribution < 1.29 is 28.8 Å². The number of hydrogen-bond acceptors (Lipinski definition) is 6. The molecule has 1 fully saturated rings. The fourth-order valence-corrected chi connectivity index (χ4v) is 4.78. The molecule has 4 aromatic carbocycles. The molecule has 5 atom stereocenters. The van der Waals surface area contributed by atoms with Crippen molar-refractivity contribution in [1.29, 1.82) is 0 Å². The molecule has 0 bridgehead atoms. The van der Waals surface area contributed by atoms with Crippen LogP contribution in [0.4, 0.5) is 0 Å². The summed E-state index contributed by atoms with van der Waals surface area (Å²) in [7, 11) is 0. The Balaban J connectivity index is 1.41. The van der Waals surface area contributed by atoms with Gasteiger partial charge in [-0.25, -0.2) is 0 Å². The normalized spacial score (nSPS) is 22.7. The molecule has 6 nitrogen and oxygen atoms in total. The van der Waals surface area contributed by atoms with Gasteiger partial charge in [0, 0.05) is 0 Å². The summed E-state index contributed by atoms with van der Waals surface area (Å²) in [5.41, 5.74) is 4.08. The zero-order chi connectivity index (χ0) is 27.4. The summed E-state index contributed by atoms with van der Waals surface area (Å²) in [6, 6.07) is 39.8. The predicted molar refractivity (Wildman–Crippen MR) is 152 cm³/mol. The molecule has 0 radical (unpaired) electrons. The minimum absolute atomic E-state index is 0.249. The average Bonchev–Trinajstić information content (AvgIpc) is 3.03.